The minimum atomic E-state index is -4.12. The number of sulfonamides is 1. The van der Waals surface area contributed by atoms with Gasteiger partial charge in [0.25, 0.3) is 15.6 Å². The zero-order chi connectivity index (χ0) is 18.2. The fourth-order valence-electron chi connectivity index (χ4n) is 2.51. The lowest BCUT2D eigenvalue weighted by atomic mass is 10.3. The van der Waals surface area contributed by atoms with Crippen LogP contribution in [0.5, 0.6) is 5.75 Å². The van der Waals surface area contributed by atoms with E-state index in [4.69, 9.17) is 4.74 Å². The molecule has 0 radical (unpaired) electrons. The molecule has 0 aliphatic carbocycles. The Balaban J connectivity index is 2.14. The van der Waals surface area contributed by atoms with Gasteiger partial charge in [0.15, 0.2) is 9.86 Å². The van der Waals surface area contributed by atoms with Crippen LogP contribution in [0, 0.1) is 13.8 Å². The van der Waals surface area contributed by atoms with E-state index in [2.05, 4.69) is 9.71 Å². The SMILES string of the molecule is CCOc1ccccc1NS(=O)(=O)c1c(C)nc2scc(C)n2c1=O. The Kier molecular flexibility index (Phi) is 4.53. The van der Waals surface area contributed by atoms with Crippen LogP contribution in [-0.2, 0) is 10.0 Å². The number of thiazole rings is 1. The molecule has 0 unspecified atom stereocenters. The second-order valence-electron chi connectivity index (χ2n) is 5.36. The normalized spacial score (nSPS) is 11.6. The molecule has 2 aromatic heterocycles. The van der Waals surface area contributed by atoms with Gasteiger partial charge >= 0.3 is 0 Å². The van der Waals surface area contributed by atoms with E-state index in [-0.39, 0.29) is 16.3 Å². The maximum Gasteiger partial charge on any atom is 0.279 e. The van der Waals surface area contributed by atoms with Gasteiger partial charge in [-0.15, -0.1) is 11.3 Å². The lowest BCUT2D eigenvalue weighted by molar-refractivity contribution is 0.342. The molecule has 0 saturated heterocycles. The smallest absolute Gasteiger partial charge is 0.279 e. The molecule has 3 rings (SSSR count). The Morgan fingerprint density at radius 1 is 1.28 bits per heavy atom. The topological polar surface area (TPSA) is 89.8 Å². The Labute approximate surface area is 149 Å². The molecule has 0 aliphatic rings. The van der Waals surface area contributed by atoms with Crippen molar-refractivity contribution >= 4 is 32.0 Å². The Hall–Kier alpha value is -2.39. The monoisotopic (exact) mass is 379 g/mol. The minimum absolute atomic E-state index is 0.160. The van der Waals surface area contributed by atoms with Crippen molar-refractivity contribution < 1.29 is 13.2 Å². The first-order valence-corrected chi connectivity index (χ1v) is 9.93. The molecular formula is C16H17N3O4S2. The highest BCUT2D eigenvalue weighted by Crippen LogP contribution is 2.26. The molecule has 9 heteroatoms. The molecule has 0 atom stereocenters. The number of aryl methyl sites for hydroxylation is 2. The quantitative estimate of drug-likeness (QED) is 0.736. The van der Waals surface area contributed by atoms with Crippen molar-refractivity contribution in [2.75, 3.05) is 11.3 Å². The Morgan fingerprint density at radius 3 is 2.72 bits per heavy atom. The molecule has 132 valence electrons. The highest BCUT2D eigenvalue weighted by molar-refractivity contribution is 7.92. The van der Waals surface area contributed by atoms with Gasteiger partial charge in [-0.3, -0.25) is 13.9 Å². The van der Waals surface area contributed by atoms with Crippen molar-refractivity contribution in [3.8, 4) is 5.75 Å². The van der Waals surface area contributed by atoms with E-state index >= 15 is 0 Å². The van der Waals surface area contributed by atoms with Crippen molar-refractivity contribution in [1.82, 2.24) is 9.38 Å². The number of nitrogens with zero attached hydrogens (tertiary/aromatic N) is 2. The zero-order valence-corrected chi connectivity index (χ0v) is 15.6. The zero-order valence-electron chi connectivity index (χ0n) is 13.9. The van der Waals surface area contributed by atoms with Crippen LogP contribution in [0.2, 0.25) is 0 Å². The summed E-state index contributed by atoms with van der Waals surface area (Å²) in [7, 11) is -4.12. The van der Waals surface area contributed by atoms with Crippen molar-refractivity contribution in [3.05, 3.63) is 51.4 Å². The van der Waals surface area contributed by atoms with Gasteiger partial charge in [0, 0.05) is 11.1 Å². The molecule has 0 saturated carbocycles. The molecule has 3 aromatic rings. The fourth-order valence-corrected chi connectivity index (χ4v) is 4.72. The van der Waals surface area contributed by atoms with Gasteiger partial charge in [-0.05, 0) is 32.9 Å². The predicted molar refractivity (Wildman–Crippen MR) is 97.2 cm³/mol. The van der Waals surface area contributed by atoms with Crippen molar-refractivity contribution in [3.63, 3.8) is 0 Å². The van der Waals surface area contributed by atoms with Crippen LogP contribution in [0.3, 0.4) is 0 Å². The number of nitrogens with one attached hydrogen (secondary N) is 1. The Morgan fingerprint density at radius 2 is 2.00 bits per heavy atom. The van der Waals surface area contributed by atoms with E-state index in [9.17, 15) is 13.2 Å². The Bertz CT molecular complexity index is 1100. The molecule has 1 aromatic carbocycles. The number of aromatic nitrogens is 2. The predicted octanol–water partition coefficient (Wildman–Crippen LogP) is 2.57. The highest BCUT2D eigenvalue weighted by atomic mass is 32.2. The molecule has 0 bridgehead atoms. The highest BCUT2D eigenvalue weighted by Gasteiger charge is 2.26. The summed E-state index contributed by atoms with van der Waals surface area (Å²) in [5.41, 5.74) is 0.467. The third kappa shape index (κ3) is 3.12. The second-order valence-corrected chi connectivity index (χ2v) is 7.82. The van der Waals surface area contributed by atoms with E-state index in [1.807, 2.05) is 0 Å². The lowest BCUT2D eigenvalue weighted by Crippen LogP contribution is -2.28. The average molecular weight is 379 g/mol. The van der Waals surface area contributed by atoms with Gasteiger partial charge in [-0.1, -0.05) is 12.1 Å². The number of para-hydroxylation sites is 2. The van der Waals surface area contributed by atoms with E-state index in [0.29, 0.717) is 23.0 Å². The molecule has 0 spiro atoms. The van der Waals surface area contributed by atoms with Crippen LogP contribution < -0.4 is 15.0 Å². The number of hydrogen-bond acceptors (Lipinski definition) is 6. The molecule has 1 N–H and O–H groups in total. The van der Waals surface area contributed by atoms with Crippen LogP contribution in [-0.4, -0.2) is 24.4 Å². The van der Waals surface area contributed by atoms with Gasteiger partial charge < -0.3 is 4.74 Å². The van der Waals surface area contributed by atoms with Crippen LogP contribution in [0.15, 0.2) is 39.3 Å². The summed E-state index contributed by atoms with van der Waals surface area (Å²) < 4.78 is 34.9. The van der Waals surface area contributed by atoms with Crippen LogP contribution in [0.25, 0.3) is 4.96 Å². The van der Waals surface area contributed by atoms with Gasteiger partial charge in [-0.2, -0.15) is 0 Å². The maximum atomic E-state index is 12.9. The number of ether oxygens (including phenoxy) is 1. The molecule has 2 heterocycles. The van der Waals surface area contributed by atoms with Crippen LogP contribution in [0.4, 0.5) is 5.69 Å². The lowest BCUT2D eigenvalue weighted by Gasteiger charge is -2.13. The first-order chi connectivity index (χ1) is 11.8. The first kappa shape index (κ1) is 17.4. The van der Waals surface area contributed by atoms with E-state index in [0.717, 1.165) is 0 Å². The van der Waals surface area contributed by atoms with Crippen molar-refractivity contribution in [1.29, 1.82) is 0 Å². The number of hydrogen-bond donors (Lipinski definition) is 1. The summed E-state index contributed by atoms with van der Waals surface area (Å²) >= 11 is 1.29. The third-order valence-corrected chi connectivity index (χ3v) is 6.01. The van der Waals surface area contributed by atoms with Gasteiger partial charge in [0.1, 0.15) is 5.75 Å². The van der Waals surface area contributed by atoms with E-state index in [1.54, 1.807) is 43.5 Å². The van der Waals surface area contributed by atoms with Gasteiger partial charge in [-0.25, -0.2) is 13.4 Å². The summed E-state index contributed by atoms with van der Waals surface area (Å²) in [6.45, 7) is 5.44. The van der Waals surface area contributed by atoms with Crippen LogP contribution >= 0.6 is 11.3 Å². The van der Waals surface area contributed by atoms with Crippen molar-refractivity contribution in [2.45, 2.75) is 25.7 Å². The molecule has 25 heavy (non-hydrogen) atoms. The average Bonchev–Trinajstić information content (AvgIpc) is 2.90. The molecule has 0 aliphatic heterocycles. The number of rotatable bonds is 5. The first-order valence-electron chi connectivity index (χ1n) is 7.57. The molecule has 0 amide bonds. The third-order valence-electron chi connectivity index (χ3n) is 3.57. The number of fused-ring (bicyclic) bond motifs is 1. The number of benzene rings is 1. The molecule has 7 nitrogen and oxygen atoms in total. The minimum Gasteiger partial charge on any atom is -0.492 e. The van der Waals surface area contributed by atoms with Crippen LogP contribution in [0.1, 0.15) is 18.3 Å². The maximum absolute atomic E-state index is 12.9. The summed E-state index contributed by atoms with van der Waals surface area (Å²) in [4.78, 5) is 17.1. The van der Waals surface area contributed by atoms with Gasteiger partial charge in [0.05, 0.1) is 18.0 Å². The van der Waals surface area contributed by atoms with Crippen molar-refractivity contribution in [2.24, 2.45) is 0 Å². The largest absolute Gasteiger partial charge is 0.492 e. The van der Waals surface area contributed by atoms with E-state index < -0.39 is 15.6 Å². The second kappa shape index (κ2) is 6.49. The van der Waals surface area contributed by atoms with E-state index in [1.165, 1.54) is 22.7 Å². The van der Waals surface area contributed by atoms with Gasteiger partial charge in [0.2, 0.25) is 0 Å². The summed E-state index contributed by atoms with van der Waals surface area (Å²) in [6.07, 6.45) is 0. The fraction of sp³-hybridized carbons (Fsp3) is 0.250. The standard InChI is InChI=1S/C16H17N3O4S2/c1-4-23-13-8-6-5-7-12(13)18-25(21,22)14-11(3)17-16-19(15(14)20)10(2)9-24-16/h5-9,18H,4H2,1-3H3. The summed E-state index contributed by atoms with van der Waals surface area (Å²) in [5.74, 6) is 0.395. The number of anilines is 1. The summed E-state index contributed by atoms with van der Waals surface area (Å²) in [6, 6.07) is 6.67. The molecular weight excluding hydrogens is 362 g/mol. The molecule has 0 fully saturated rings. The summed E-state index contributed by atoms with van der Waals surface area (Å²) in [5, 5.41) is 1.76.